The Hall–Kier alpha value is -5.64. The average molecular weight is 591 g/mol. The predicted molar refractivity (Wildman–Crippen MR) is 192 cm³/mol. The van der Waals surface area contributed by atoms with E-state index in [1.165, 1.54) is 36.9 Å². The van der Waals surface area contributed by atoms with E-state index in [4.69, 9.17) is 9.97 Å². The van der Waals surface area contributed by atoms with Crippen molar-refractivity contribution in [2.45, 2.75) is 0 Å². The Morgan fingerprint density at radius 2 is 1.02 bits per heavy atom. The van der Waals surface area contributed by atoms with E-state index in [0.717, 1.165) is 49.8 Å². The first-order chi connectivity index (χ1) is 22.3. The molecule has 0 aliphatic carbocycles. The second-order valence-electron chi connectivity index (χ2n) is 11.4. The van der Waals surface area contributed by atoms with Crippen molar-refractivity contribution in [3.8, 4) is 44.6 Å². The van der Waals surface area contributed by atoms with Crippen LogP contribution in [-0.4, -0.2) is 9.97 Å². The van der Waals surface area contributed by atoms with Gasteiger partial charge in [-0.3, -0.25) is 4.98 Å². The van der Waals surface area contributed by atoms with Gasteiger partial charge in [-0.1, -0.05) is 133 Å². The van der Waals surface area contributed by atoms with E-state index in [-0.39, 0.29) is 0 Å². The molecule has 0 N–H and O–H groups in total. The number of hydrogen-bond donors (Lipinski definition) is 0. The molecular weight excluding hydrogens is 565 g/mol. The van der Waals surface area contributed by atoms with Gasteiger partial charge in [0.25, 0.3) is 0 Å². The SMILES string of the molecule is c1ccc(-c2ccnc3c2ccc2c(-c4ccccc4)cc(-c4ccc(-c5cccc6c5sc5ccccc56)cc4)nc23)cc1. The molecule has 0 saturated carbocycles. The van der Waals surface area contributed by atoms with Crippen molar-refractivity contribution in [3.63, 3.8) is 0 Å². The molecule has 0 unspecified atom stereocenters. The Morgan fingerprint density at radius 1 is 0.400 bits per heavy atom. The fourth-order valence-corrected chi connectivity index (χ4v) is 7.81. The van der Waals surface area contributed by atoms with Crippen LogP contribution in [0.4, 0.5) is 0 Å². The van der Waals surface area contributed by atoms with Crippen LogP contribution in [0.2, 0.25) is 0 Å². The molecule has 9 aromatic rings. The number of rotatable bonds is 4. The molecular formula is C42H26N2S. The van der Waals surface area contributed by atoms with Crippen LogP contribution >= 0.6 is 11.3 Å². The lowest BCUT2D eigenvalue weighted by Gasteiger charge is -2.14. The highest BCUT2D eigenvalue weighted by molar-refractivity contribution is 7.26. The van der Waals surface area contributed by atoms with Crippen molar-refractivity contribution >= 4 is 53.3 Å². The van der Waals surface area contributed by atoms with Gasteiger partial charge in [-0.05, 0) is 51.6 Å². The average Bonchev–Trinajstić information content (AvgIpc) is 3.51. The first-order valence-corrected chi connectivity index (χ1v) is 16.0. The molecule has 0 aliphatic rings. The summed E-state index contributed by atoms with van der Waals surface area (Å²) >= 11 is 1.87. The van der Waals surface area contributed by atoms with Crippen LogP contribution in [0, 0.1) is 0 Å². The number of hydrogen-bond acceptors (Lipinski definition) is 3. The largest absolute Gasteiger partial charge is 0.254 e. The molecule has 0 aliphatic heterocycles. The quantitative estimate of drug-likeness (QED) is 0.191. The summed E-state index contributed by atoms with van der Waals surface area (Å²) < 4.78 is 2.65. The van der Waals surface area contributed by atoms with Crippen molar-refractivity contribution in [1.82, 2.24) is 9.97 Å². The molecule has 0 saturated heterocycles. The third kappa shape index (κ3) is 4.32. The monoisotopic (exact) mass is 590 g/mol. The van der Waals surface area contributed by atoms with Crippen molar-refractivity contribution in [2.24, 2.45) is 0 Å². The van der Waals surface area contributed by atoms with E-state index < -0.39 is 0 Å². The minimum Gasteiger partial charge on any atom is -0.254 e. The Kier molecular flexibility index (Phi) is 6.03. The summed E-state index contributed by atoms with van der Waals surface area (Å²) in [7, 11) is 0. The molecule has 3 aromatic heterocycles. The summed E-state index contributed by atoms with van der Waals surface area (Å²) in [5, 5.41) is 4.84. The van der Waals surface area contributed by atoms with Gasteiger partial charge in [0.05, 0.1) is 16.7 Å². The van der Waals surface area contributed by atoms with E-state index in [1.54, 1.807) is 0 Å². The van der Waals surface area contributed by atoms with E-state index in [1.807, 2.05) is 17.5 Å². The number of nitrogens with zero attached hydrogens (tertiary/aromatic N) is 2. The molecule has 0 spiro atoms. The molecule has 0 radical (unpaired) electrons. The molecule has 45 heavy (non-hydrogen) atoms. The molecule has 6 aromatic carbocycles. The number of fused-ring (bicyclic) bond motifs is 6. The zero-order valence-corrected chi connectivity index (χ0v) is 25.1. The lowest BCUT2D eigenvalue weighted by atomic mass is 9.94. The first kappa shape index (κ1) is 25.8. The molecule has 3 heterocycles. The van der Waals surface area contributed by atoms with Gasteiger partial charge in [0.1, 0.15) is 0 Å². The minimum absolute atomic E-state index is 0.917. The second kappa shape index (κ2) is 10.5. The number of thiophene rings is 1. The lowest BCUT2D eigenvalue weighted by molar-refractivity contribution is 1.37. The van der Waals surface area contributed by atoms with E-state index in [9.17, 15) is 0 Å². The molecule has 0 atom stereocenters. The number of aromatic nitrogens is 2. The van der Waals surface area contributed by atoms with Gasteiger partial charge in [0, 0.05) is 42.7 Å². The maximum absolute atomic E-state index is 5.32. The van der Waals surface area contributed by atoms with Crippen LogP contribution < -0.4 is 0 Å². The van der Waals surface area contributed by atoms with E-state index in [2.05, 4.69) is 152 Å². The van der Waals surface area contributed by atoms with Crippen LogP contribution in [0.5, 0.6) is 0 Å². The normalized spacial score (nSPS) is 11.6. The van der Waals surface area contributed by atoms with Crippen LogP contribution in [0.15, 0.2) is 158 Å². The molecule has 210 valence electrons. The fourth-order valence-electron chi connectivity index (χ4n) is 6.57. The predicted octanol–water partition coefficient (Wildman–Crippen LogP) is 11.8. The molecule has 0 fully saturated rings. The zero-order valence-electron chi connectivity index (χ0n) is 24.3. The highest BCUT2D eigenvalue weighted by Gasteiger charge is 2.16. The van der Waals surface area contributed by atoms with Crippen molar-refractivity contribution in [2.75, 3.05) is 0 Å². The summed E-state index contributed by atoms with van der Waals surface area (Å²) in [4.78, 5) is 10.2. The van der Waals surface area contributed by atoms with Crippen LogP contribution in [0.1, 0.15) is 0 Å². The third-order valence-corrected chi connectivity index (χ3v) is 9.98. The van der Waals surface area contributed by atoms with Crippen LogP contribution in [0.25, 0.3) is 86.6 Å². The van der Waals surface area contributed by atoms with Crippen LogP contribution in [-0.2, 0) is 0 Å². The summed E-state index contributed by atoms with van der Waals surface area (Å²) in [6.07, 6.45) is 1.91. The van der Waals surface area contributed by atoms with Gasteiger partial charge in [-0.25, -0.2) is 4.98 Å². The van der Waals surface area contributed by atoms with Gasteiger partial charge in [0.15, 0.2) is 0 Å². The van der Waals surface area contributed by atoms with Gasteiger partial charge >= 0.3 is 0 Å². The number of pyridine rings is 2. The van der Waals surface area contributed by atoms with E-state index >= 15 is 0 Å². The smallest absolute Gasteiger partial charge is 0.0978 e. The van der Waals surface area contributed by atoms with Gasteiger partial charge in [0.2, 0.25) is 0 Å². The maximum Gasteiger partial charge on any atom is 0.0978 e. The van der Waals surface area contributed by atoms with Crippen molar-refractivity contribution < 1.29 is 0 Å². The summed E-state index contributed by atoms with van der Waals surface area (Å²) in [5.74, 6) is 0. The molecule has 0 bridgehead atoms. The van der Waals surface area contributed by atoms with Gasteiger partial charge < -0.3 is 0 Å². The summed E-state index contributed by atoms with van der Waals surface area (Å²) in [6.45, 7) is 0. The Labute approximate surface area is 264 Å². The van der Waals surface area contributed by atoms with Crippen LogP contribution in [0.3, 0.4) is 0 Å². The topological polar surface area (TPSA) is 25.8 Å². The molecule has 9 rings (SSSR count). The van der Waals surface area contributed by atoms with Crippen molar-refractivity contribution in [1.29, 1.82) is 0 Å². The molecule has 0 amide bonds. The highest BCUT2D eigenvalue weighted by Crippen LogP contribution is 2.41. The summed E-state index contributed by atoms with van der Waals surface area (Å²) in [5.41, 5.74) is 11.0. The van der Waals surface area contributed by atoms with Crippen molar-refractivity contribution in [3.05, 3.63) is 158 Å². The number of benzene rings is 6. The zero-order chi connectivity index (χ0) is 29.7. The Bertz CT molecular complexity index is 2510. The standard InChI is InChI=1S/C42H26N2S/c1-3-10-27(11-4-1)31-24-25-43-40-34(31)22-23-35-37(28-12-5-2-6-13-28)26-38(44-41(35)40)30-20-18-29(19-21-30)32-15-9-16-36-33-14-7-8-17-39(33)45-42(32)36/h1-26H. The maximum atomic E-state index is 5.32. The Balaban J connectivity index is 1.23. The fraction of sp³-hybridized carbons (Fsp3) is 0. The minimum atomic E-state index is 0.917. The first-order valence-electron chi connectivity index (χ1n) is 15.2. The lowest BCUT2D eigenvalue weighted by Crippen LogP contribution is -1.93. The second-order valence-corrected chi connectivity index (χ2v) is 12.4. The Morgan fingerprint density at radius 3 is 1.80 bits per heavy atom. The van der Waals surface area contributed by atoms with E-state index in [0.29, 0.717) is 0 Å². The molecule has 3 heteroatoms. The van der Waals surface area contributed by atoms with Gasteiger partial charge in [-0.15, -0.1) is 11.3 Å². The summed E-state index contributed by atoms with van der Waals surface area (Å²) in [6, 6.07) is 54.0. The molecule has 2 nitrogen and oxygen atoms in total. The highest BCUT2D eigenvalue weighted by atomic mass is 32.1. The third-order valence-electron chi connectivity index (χ3n) is 8.76. The van der Waals surface area contributed by atoms with Gasteiger partial charge in [-0.2, -0.15) is 0 Å².